The fraction of sp³-hybridized carbons (Fsp3) is 0.231. The topological polar surface area (TPSA) is 78.7 Å². The quantitative estimate of drug-likeness (QED) is 0.409. The van der Waals surface area contributed by atoms with Crippen LogP contribution in [-0.2, 0) is 6.54 Å². The van der Waals surface area contributed by atoms with Crippen LogP contribution in [0.25, 0.3) is 27.3 Å². The number of para-hydroxylation sites is 1. The Labute approximate surface area is 206 Å². The van der Waals surface area contributed by atoms with Gasteiger partial charge in [0.1, 0.15) is 0 Å². The molecule has 35 heavy (non-hydrogen) atoms. The molecule has 0 spiro atoms. The molecule has 1 saturated heterocycles. The minimum atomic E-state index is -0.0406. The Hall–Kier alpha value is -3.98. The molecule has 2 amide bonds. The fourth-order valence-corrected chi connectivity index (χ4v) is 5.36. The molecule has 0 saturated carbocycles. The number of rotatable bonds is 4. The van der Waals surface area contributed by atoms with Crippen LogP contribution in [0.5, 0.6) is 0 Å². The number of anilines is 1. The SMILES string of the molecule is CC1CN(c2nc3ccccc3c3nnc(-c4cccs4)n23)CCN1C(=O)NCc1ccccc1. The van der Waals surface area contributed by atoms with E-state index in [4.69, 9.17) is 4.98 Å². The van der Waals surface area contributed by atoms with Crippen molar-refractivity contribution in [3.05, 3.63) is 77.7 Å². The first-order chi connectivity index (χ1) is 17.2. The Balaban J connectivity index is 1.30. The number of nitrogens with zero attached hydrogens (tertiary/aromatic N) is 6. The lowest BCUT2D eigenvalue weighted by atomic mass is 10.2. The van der Waals surface area contributed by atoms with Crippen LogP contribution in [-0.4, -0.2) is 56.2 Å². The molecular weight excluding hydrogens is 458 g/mol. The number of nitrogens with one attached hydrogen (secondary N) is 1. The van der Waals surface area contributed by atoms with E-state index in [2.05, 4.69) is 37.8 Å². The summed E-state index contributed by atoms with van der Waals surface area (Å²) in [6.07, 6.45) is 0. The van der Waals surface area contributed by atoms with Crippen molar-refractivity contribution in [3.63, 3.8) is 0 Å². The van der Waals surface area contributed by atoms with Gasteiger partial charge in [-0.2, -0.15) is 0 Å². The maximum absolute atomic E-state index is 12.9. The van der Waals surface area contributed by atoms with E-state index in [1.165, 1.54) is 0 Å². The summed E-state index contributed by atoms with van der Waals surface area (Å²) >= 11 is 1.63. The summed E-state index contributed by atoms with van der Waals surface area (Å²) in [4.78, 5) is 23.2. The largest absolute Gasteiger partial charge is 0.338 e. The lowest BCUT2D eigenvalue weighted by Crippen LogP contribution is -2.57. The first-order valence-electron chi connectivity index (χ1n) is 11.7. The molecule has 9 heteroatoms. The van der Waals surface area contributed by atoms with E-state index in [-0.39, 0.29) is 12.1 Å². The molecule has 1 aliphatic heterocycles. The van der Waals surface area contributed by atoms with E-state index in [9.17, 15) is 4.79 Å². The molecule has 176 valence electrons. The van der Waals surface area contributed by atoms with Gasteiger partial charge in [0, 0.05) is 37.6 Å². The van der Waals surface area contributed by atoms with Crippen molar-refractivity contribution >= 4 is 39.9 Å². The van der Waals surface area contributed by atoms with Crippen LogP contribution in [0.15, 0.2) is 72.1 Å². The predicted molar refractivity (Wildman–Crippen MR) is 139 cm³/mol. The monoisotopic (exact) mass is 483 g/mol. The third kappa shape index (κ3) is 3.97. The number of amides is 2. The van der Waals surface area contributed by atoms with Crippen LogP contribution < -0.4 is 10.2 Å². The number of urea groups is 1. The zero-order chi connectivity index (χ0) is 23.8. The van der Waals surface area contributed by atoms with E-state index >= 15 is 0 Å². The summed E-state index contributed by atoms with van der Waals surface area (Å²) in [6.45, 7) is 4.55. The molecule has 4 heterocycles. The number of hydrogen-bond donors (Lipinski definition) is 1. The molecule has 3 aromatic heterocycles. The molecule has 0 radical (unpaired) electrons. The van der Waals surface area contributed by atoms with Crippen LogP contribution >= 0.6 is 11.3 Å². The summed E-state index contributed by atoms with van der Waals surface area (Å²) in [6, 6.07) is 22.1. The normalized spacial score (nSPS) is 16.2. The van der Waals surface area contributed by atoms with Gasteiger partial charge in [-0.1, -0.05) is 48.5 Å². The number of thiophene rings is 1. The molecule has 2 aromatic carbocycles. The molecule has 6 rings (SSSR count). The van der Waals surface area contributed by atoms with Gasteiger partial charge < -0.3 is 15.1 Å². The predicted octanol–water partition coefficient (Wildman–Crippen LogP) is 4.43. The van der Waals surface area contributed by atoms with Gasteiger partial charge in [0.15, 0.2) is 11.5 Å². The summed E-state index contributed by atoms with van der Waals surface area (Å²) in [7, 11) is 0. The van der Waals surface area contributed by atoms with E-state index in [1.54, 1.807) is 11.3 Å². The Bertz CT molecular complexity index is 1480. The van der Waals surface area contributed by atoms with E-state index < -0.39 is 0 Å². The van der Waals surface area contributed by atoms with Crippen LogP contribution in [0, 0.1) is 0 Å². The van der Waals surface area contributed by atoms with E-state index in [1.807, 2.05) is 70.9 Å². The van der Waals surface area contributed by atoms with Crippen molar-refractivity contribution < 1.29 is 4.79 Å². The van der Waals surface area contributed by atoms with Crippen LogP contribution in [0.1, 0.15) is 12.5 Å². The highest BCUT2D eigenvalue weighted by molar-refractivity contribution is 7.13. The molecular formula is C26H25N7OS. The maximum atomic E-state index is 12.9. The maximum Gasteiger partial charge on any atom is 0.318 e. The number of aromatic nitrogens is 4. The van der Waals surface area contributed by atoms with Crippen molar-refractivity contribution in [2.24, 2.45) is 0 Å². The minimum Gasteiger partial charge on any atom is -0.338 e. The number of benzene rings is 2. The first kappa shape index (κ1) is 21.5. The van der Waals surface area contributed by atoms with Gasteiger partial charge in [0.2, 0.25) is 5.95 Å². The minimum absolute atomic E-state index is 0.0181. The van der Waals surface area contributed by atoms with Crippen molar-refractivity contribution in [3.8, 4) is 10.7 Å². The van der Waals surface area contributed by atoms with Crippen molar-refractivity contribution in [2.45, 2.75) is 19.5 Å². The molecule has 0 aliphatic carbocycles. The molecule has 1 aliphatic rings. The summed E-state index contributed by atoms with van der Waals surface area (Å²) < 4.78 is 2.06. The Kier molecular flexibility index (Phi) is 5.54. The first-order valence-corrected chi connectivity index (χ1v) is 12.6. The van der Waals surface area contributed by atoms with Crippen LogP contribution in [0.3, 0.4) is 0 Å². The van der Waals surface area contributed by atoms with Gasteiger partial charge in [-0.25, -0.2) is 14.2 Å². The molecule has 1 fully saturated rings. The molecule has 1 atom stereocenters. The van der Waals surface area contributed by atoms with E-state index in [0.717, 1.165) is 38.8 Å². The second-order valence-corrected chi connectivity index (χ2v) is 9.67. The molecule has 5 aromatic rings. The molecule has 1 N–H and O–H groups in total. The average Bonchev–Trinajstić information content (AvgIpc) is 3.58. The van der Waals surface area contributed by atoms with Gasteiger partial charge in [-0.05, 0) is 36.1 Å². The number of fused-ring (bicyclic) bond motifs is 3. The molecule has 8 nitrogen and oxygen atoms in total. The fourth-order valence-electron chi connectivity index (χ4n) is 4.66. The van der Waals surface area contributed by atoms with Gasteiger partial charge in [-0.3, -0.25) is 0 Å². The van der Waals surface area contributed by atoms with Crippen molar-refractivity contribution in [1.82, 2.24) is 29.8 Å². The van der Waals surface area contributed by atoms with Crippen molar-refractivity contribution in [2.75, 3.05) is 24.5 Å². The number of hydrogen-bond acceptors (Lipinski definition) is 6. The van der Waals surface area contributed by atoms with Gasteiger partial charge >= 0.3 is 6.03 Å². The Morgan fingerprint density at radius 1 is 1.03 bits per heavy atom. The molecule has 1 unspecified atom stereocenters. The van der Waals surface area contributed by atoms with Crippen LogP contribution in [0.4, 0.5) is 10.7 Å². The zero-order valence-corrected chi connectivity index (χ0v) is 20.2. The Morgan fingerprint density at radius 3 is 2.66 bits per heavy atom. The number of carbonyl (C=O) groups is 1. The lowest BCUT2D eigenvalue weighted by molar-refractivity contribution is 0.170. The van der Waals surface area contributed by atoms with Gasteiger partial charge in [-0.15, -0.1) is 21.5 Å². The Morgan fingerprint density at radius 2 is 1.86 bits per heavy atom. The zero-order valence-electron chi connectivity index (χ0n) is 19.3. The summed E-state index contributed by atoms with van der Waals surface area (Å²) in [5, 5.41) is 15.2. The van der Waals surface area contributed by atoms with Crippen LogP contribution in [0.2, 0.25) is 0 Å². The third-order valence-corrected chi connectivity index (χ3v) is 7.29. The summed E-state index contributed by atoms with van der Waals surface area (Å²) in [5.41, 5.74) is 2.77. The number of piperazine rings is 1. The van der Waals surface area contributed by atoms with Gasteiger partial charge in [0.25, 0.3) is 0 Å². The van der Waals surface area contributed by atoms with Crippen molar-refractivity contribution in [1.29, 1.82) is 0 Å². The van der Waals surface area contributed by atoms with Gasteiger partial charge in [0.05, 0.1) is 10.4 Å². The summed E-state index contributed by atoms with van der Waals surface area (Å²) in [5.74, 6) is 1.60. The highest BCUT2D eigenvalue weighted by Gasteiger charge is 2.30. The van der Waals surface area contributed by atoms with E-state index in [0.29, 0.717) is 26.2 Å². The highest BCUT2D eigenvalue weighted by Crippen LogP contribution is 2.31. The smallest absolute Gasteiger partial charge is 0.318 e. The highest BCUT2D eigenvalue weighted by atomic mass is 32.1. The average molecular weight is 484 g/mol. The second-order valence-electron chi connectivity index (χ2n) is 8.72. The lowest BCUT2D eigenvalue weighted by Gasteiger charge is -2.40. The molecule has 0 bridgehead atoms. The standard InChI is InChI=1S/C26H25N7OS/c1-18-17-31(13-14-32(18)26(34)27-16-19-8-3-2-4-9-19)25-28-21-11-6-5-10-20(21)23-29-30-24(33(23)25)22-12-7-15-35-22/h2-12,15,18H,13-14,16-17H2,1H3,(H,27,34). The third-order valence-electron chi connectivity index (χ3n) is 6.43. The number of carbonyl (C=O) groups excluding carboxylic acids is 1. The second kappa shape index (κ2) is 8.99.